The Morgan fingerprint density at radius 3 is 2.62 bits per heavy atom. The highest BCUT2D eigenvalue weighted by molar-refractivity contribution is 7.11. The van der Waals surface area contributed by atoms with Gasteiger partial charge in [-0.25, -0.2) is 9.37 Å². The first-order valence-corrected chi connectivity index (χ1v) is 8.35. The Morgan fingerprint density at radius 1 is 1.29 bits per heavy atom. The van der Waals surface area contributed by atoms with Crippen molar-refractivity contribution in [3.8, 4) is 0 Å². The van der Waals surface area contributed by atoms with Gasteiger partial charge in [0.15, 0.2) is 0 Å². The van der Waals surface area contributed by atoms with Gasteiger partial charge < -0.3 is 5.32 Å². The Hall–Kier alpha value is -0.680. The lowest BCUT2D eigenvalue weighted by atomic mass is 10.1. The molecule has 2 rings (SSSR count). The van der Waals surface area contributed by atoms with E-state index in [9.17, 15) is 4.39 Å². The Balaban J connectivity index is 2.18. The molecule has 0 amide bonds. The molecule has 2 unspecified atom stereocenters. The molecule has 0 aliphatic carbocycles. The largest absolute Gasteiger partial charge is 0.301 e. The van der Waals surface area contributed by atoms with Crippen molar-refractivity contribution in [1.29, 1.82) is 0 Å². The highest BCUT2D eigenvalue weighted by atomic mass is 35.5. The summed E-state index contributed by atoms with van der Waals surface area (Å²) >= 11 is 13.9. The molecule has 0 fully saturated rings. The van der Waals surface area contributed by atoms with E-state index in [0.29, 0.717) is 10.6 Å². The summed E-state index contributed by atoms with van der Waals surface area (Å²) in [5.74, 6) is -0.458. The van der Waals surface area contributed by atoms with Gasteiger partial charge in [0.1, 0.15) is 10.8 Å². The first-order chi connectivity index (χ1) is 9.93. The molecule has 1 N–H and O–H groups in total. The van der Waals surface area contributed by atoms with E-state index in [1.54, 1.807) is 11.3 Å². The number of nitrogens with zero attached hydrogens (tertiary/aromatic N) is 1. The second kappa shape index (κ2) is 7.05. The van der Waals surface area contributed by atoms with Crippen molar-refractivity contribution in [1.82, 2.24) is 10.3 Å². The molecule has 0 spiro atoms. The van der Waals surface area contributed by atoms with Gasteiger partial charge >= 0.3 is 0 Å². The topological polar surface area (TPSA) is 24.9 Å². The summed E-state index contributed by atoms with van der Waals surface area (Å²) in [6, 6.07) is 2.67. The third-order valence-corrected chi connectivity index (χ3v) is 5.34. The molecule has 2 nitrogen and oxygen atoms in total. The fourth-order valence-corrected chi connectivity index (χ4v) is 3.72. The zero-order valence-electron chi connectivity index (χ0n) is 12.1. The molecular weight excluding hydrogens is 330 g/mol. The third-order valence-electron chi connectivity index (χ3n) is 3.30. The Kier molecular flexibility index (Phi) is 5.60. The highest BCUT2D eigenvalue weighted by Gasteiger charge is 2.20. The van der Waals surface area contributed by atoms with Gasteiger partial charge in [0.2, 0.25) is 0 Å². The molecule has 0 saturated carbocycles. The molecule has 0 bridgehead atoms. The van der Waals surface area contributed by atoms with Crippen LogP contribution in [0, 0.1) is 5.82 Å². The van der Waals surface area contributed by atoms with E-state index in [1.807, 2.05) is 20.0 Å². The molecule has 1 aromatic heterocycles. The standard InChI is InChI=1S/C15H17Cl2FN2S/c1-4-10-7-19-15(21-10)9(3)20-8(2)13-11(16)5-6-12(18)14(13)17/h5-9,20H,4H2,1-3H3. The Labute approximate surface area is 138 Å². The number of halogens is 3. The monoisotopic (exact) mass is 346 g/mol. The predicted molar refractivity (Wildman–Crippen MR) is 87.9 cm³/mol. The molecule has 2 atom stereocenters. The van der Waals surface area contributed by atoms with Crippen molar-refractivity contribution >= 4 is 34.5 Å². The SMILES string of the molecule is CCc1cnc(C(C)NC(C)c2c(Cl)ccc(F)c2Cl)s1. The van der Waals surface area contributed by atoms with Crippen LogP contribution in [0.15, 0.2) is 18.3 Å². The summed E-state index contributed by atoms with van der Waals surface area (Å²) in [5.41, 5.74) is 0.581. The maximum absolute atomic E-state index is 13.6. The minimum Gasteiger partial charge on any atom is -0.301 e. The van der Waals surface area contributed by atoms with Crippen LogP contribution in [0.3, 0.4) is 0 Å². The summed E-state index contributed by atoms with van der Waals surface area (Å²) < 4.78 is 13.6. The van der Waals surface area contributed by atoms with Crippen LogP contribution in [0.1, 0.15) is 48.3 Å². The summed E-state index contributed by atoms with van der Waals surface area (Å²) in [5, 5.41) is 4.91. The maximum Gasteiger partial charge on any atom is 0.142 e. The van der Waals surface area contributed by atoms with Gasteiger partial charge in [-0.15, -0.1) is 11.3 Å². The van der Waals surface area contributed by atoms with Crippen LogP contribution in [-0.4, -0.2) is 4.98 Å². The minimum atomic E-state index is -0.458. The van der Waals surface area contributed by atoms with Gasteiger partial charge in [-0.2, -0.15) is 0 Å². The van der Waals surface area contributed by atoms with Crippen LogP contribution in [0.2, 0.25) is 10.0 Å². The quantitative estimate of drug-likeness (QED) is 0.716. The number of aryl methyl sites for hydroxylation is 1. The normalized spacial score (nSPS) is 14.2. The first kappa shape index (κ1) is 16.7. The molecule has 1 heterocycles. The molecular formula is C15H17Cl2FN2S. The molecule has 0 aliphatic heterocycles. The zero-order valence-corrected chi connectivity index (χ0v) is 14.4. The van der Waals surface area contributed by atoms with Crippen molar-refractivity contribution in [3.05, 3.63) is 49.6 Å². The molecule has 0 aliphatic rings. The van der Waals surface area contributed by atoms with Crippen LogP contribution in [0.25, 0.3) is 0 Å². The minimum absolute atomic E-state index is 0.0423. The van der Waals surface area contributed by atoms with Crippen LogP contribution in [-0.2, 0) is 6.42 Å². The number of nitrogens with one attached hydrogen (secondary N) is 1. The van der Waals surface area contributed by atoms with Crippen molar-refractivity contribution in [2.75, 3.05) is 0 Å². The average molecular weight is 347 g/mol. The van der Waals surface area contributed by atoms with Crippen molar-refractivity contribution in [3.63, 3.8) is 0 Å². The van der Waals surface area contributed by atoms with Crippen LogP contribution < -0.4 is 5.32 Å². The van der Waals surface area contributed by atoms with Gasteiger partial charge in [0, 0.05) is 27.7 Å². The second-order valence-electron chi connectivity index (χ2n) is 4.89. The Bertz CT molecular complexity index is 630. The van der Waals surface area contributed by atoms with E-state index in [2.05, 4.69) is 17.2 Å². The molecule has 2 aromatic rings. The third kappa shape index (κ3) is 3.75. The van der Waals surface area contributed by atoms with E-state index in [1.165, 1.54) is 17.0 Å². The van der Waals surface area contributed by atoms with Crippen molar-refractivity contribution < 1.29 is 4.39 Å². The predicted octanol–water partition coefficient (Wildman–Crippen LogP) is 5.56. The number of hydrogen-bond donors (Lipinski definition) is 1. The van der Waals surface area contributed by atoms with E-state index < -0.39 is 5.82 Å². The molecule has 114 valence electrons. The van der Waals surface area contributed by atoms with E-state index in [4.69, 9.17) is 23.2 Å². The first-order valence-electron chi connectivity index (χ1n) is 6.78. The van der Waals surface area contributed by atoms with Crippen LogP contribution in [0.5, 0.6) is 0 Å². The van der Waals surface area contributed by atoms with Gasteiger partial charge in [-0.05, 0) is 32.4 Å². The number of thiazole rings is 1. The van der Waals surface area contributed by atoms with Gasteiger partial charge in [-0.1, -0.05) is 30.1 Å². The molecule has 1 aromatic carbocycles. The highest BCUT2D eigenvalue weighted by Crippen LogP contribution is 2.33. The fraction of sp³-hybridized carbons (Fsp3) is 0.400. The summed E-state index contributed by atoms with van der Waals surface area (Å²) in [6.45, 7) is 6.04. The van der Waals surface area contributed by atoms with E-state index >= 15 is 0 Å². The smallest absolute Gasteiger partial charge is 0.142 e. The Morgan fingerprint density at radius 2 is 2.00 bits per heavy atom. The molecule has 6 heteroatoms. The second-order valence-corrected chi connectivity index (χ2v) is 6.82. The van der Waals surface area contributed by atoms with Gasteiger partial charge in [0.25, 0.3) is 0 Å². The molecule has 0 radical (unpaired) electrons. The van der Waals surface area contributed by atoms with Gasteiger partial charge in [-0.3, -0.25) is 0 Å². The summed E-state index contributed by atoms with van der Waals surface area (Å²) in [6.07, 6.45) is 2.87. The zero-order chi connectivity index (χ0) is 15.6. The number of benzene rings is 1. The van der Waals surface area contributed by atoms with E-state index in [-0.39, 0.29) is 17.1 Å². The summed E-state index contributed by atoms with van der Waals surface area (Å²) in [7, 11) is 0. The summed E-state index contributed by atoms with van der Waals surface area (Å²) in [4.78, 5) is 5.66. The number of rotatable bonds is 5. The van der Waals surface area contributed by atoms with Gasteiger partial charge in [0.05, 0.1) is 11.1 Å². The van der Waals surface area contributed by atoms with Crippen LogP contribution in [0.4, 0.5) is 4.39 Å². The average Bonchev–Trinajstić information content (AvgIpc) is 2.92. The van der Waals surface area contributed by atoms with Crippen LogP contribution >= 0.6 is 34.5 Å². The lowest BCUT2D eigenvalue weighted by Crippen LogP contribution is -2.23. The van der Waals surface area contributed by atoms with Crippen molar-refractivity contribution in [2.24, 2.45) is 0 Å². The maximum atomic E-state index is 13.6. The molecule has 0 saturated heterocycles. The van der Waals surface area contributed by atoms with Crippen molar-refractivity contribution in [2.45, 2.75) is 39.3 Å². The lowest BCUT2D eigenvalue weighted by molar-refractivity contribution is 0.490. The fourth-order valence-electron chi connectivity index (χ4n) is 2.16. The number of aromatic nitrogens is 1. The molecule has 21 heavy (non-hydrogen) atoms. The number of hydrogen-bond acceptors (Lipinski definition) is 3. The van der Waals surface area contributed by atoms with E-state index in [0.717, 1.165) is 11.4 Å². The lowest BCUT2D eigenvalue weighted by Gasteiger charge is -2.21.